The lowest BCUT2D eigenvalue weighted by molar-refractivity contribution is -0.115. The van der Waals surface area contributed by atoms with Crippen molar-refractivity contribution in [2.24, 2.45) is 0 Å². The summed E-state index contributed by atoms with van der Waals surface area (Å²) in [4.78, 5) is 12.2. The van der Waals surface area contributed by atoms with Crippen LogP contribution in [0.15, 0.2) is 71.6 Å². The second-order valence-corrected chi connectivity index (χ2v) is 8.38. The SMILES string of the molecule is COc1ccc(NS(=O)(=O)c2cccc(NC(=O)Cc3c(F)cccc3Cl)c2)cc1. The predicted molar refractivity (Wildman–Crippen MR) is 114 cm³/mol. The summed E-state index contributed by atoms with van der Waals surface area (Å²) in [6.45, 7) is 0. The molecule has 0 saturated heterocycles. The Kier molecular flexibility index (Phi) is 6.59. The summed E-state index contributed by atoms with van der Waals surface area (Å²) < 4.78 is 46.7. The van der Waals surface area contributed by atoms with E-state index in [1.165, 1.54) is 49.6 Å². The molecule has 0 aliphatic rings. The van der Waals surface area contributed by atoms with Gasteiger partial charge in [0.2, 0.25) is 5.91 Å². The Labute approximate surface area is 178 Å². The molecule has 0 unspecified atom stereocenters. The van der Waals surface area contributed by atoms with Crippen molar-refractivity contribution in [2.45, 2.75) is 11.3 Å². The van der Waals surface area contributed by atoms with Gasteiger partial charge in [-0.1, -0.05) is 23.7 Å². The average molecular weight is 449 g/mol. The molecule has 1 amide bonds. The third-order valence-corrected chi connectivity index (χ3v) is 5.90. The number of hydrogen-bond acceptors (Lipinski definition) is 4. The van der Waals surface area contributed by atoms with Crippen molar-refractivity contribution >= 4 is 38.9 Å². The third-order valence-electron chi connectivity index (χ3n) is 4.17. The Bertz CT molecular complexity index is 1150. The van der Waals surface area contributed by atoms with E-state index in [1.807, 2.05) is 0 Å². The number of hydrogen-bond donors (Lipinski definition) is 2. The molecule has 0 heterocycles. The summed E-state index contributed by atoms with van der Waals surface area (Å²) in [6, 6.07) is 16.3. The number of amides is 1. The van der Waals surface area contributed by atoms with Gasteiger partial charge in [0, 0.05) is 22.0 Å². The van der Waals surface area contributed by atoms with Gasteiger partial charge >= 0.3 is 0 Å². The van der Waals surface area contributed by atoms with Crippen LogP contribution in [0.3, 0.4) is 0 Å². The first-order chi connectivity index (χ1) is 14.3. The first kappa shape index (κ1) is 21.6. The van der Waals surface area contributed by atoms with Crippen LogP contribution in [0.1, 0.15) is 5.56 Å². The van der Waals surface area contributed by atoms with Gasteiger partial charge in [0.25, 0.3) is 10.0 Å². The molecule has 0 bridgehead atoms. The number of methoxy groups -OCH3 is 1. The smallest absolute Gasteiger partial charge is 0.261 e. The quantitative estimate of drug-likeness (QED) is 0.558. The van der Waals surface area contributed by atoms with Crippen molar-refractivity contribution in [3.63, 3.8) is 0 Å². The van der Waals surface area contributed by atoms with E-state index < -0.39 is 21.7 Å². The van der Waals surface area contributed by atoms with Gasteiger partial charge in [-0.3, -0.25) is 9.52 Å². The maximum atomic E-state index is 13.9. The number of nitrogens with one attached hydrogen (secondary N) is 2. The fourth-order valence-electron chi connectivity index (χ4n) is 2.68. The number of halogens is 2. The molecule has 156 valence electrons. The summed E-state index contributed by atoms with van der Waals surface area (Å²) in [5, 5.41) is 2.71. The average Bonchev–Trinajstić information content (AvgIpc) is 2.71. The number of carbonyl (C=O) groups excluding carboxylic acids is 1. The Morgan fingerprint density at radius 3 is 2.40 bits per heavy atom. The van der Waals surface area contributed by atoms with Gasteiger partial charge in [-0.05, 0) is 54.6 Å². The van der Waals surface area contributed by atoms with Gasteiger partial charge in [-0.15, -0.1) is 0 Å². The molecule has 0 radical (unpaired) electrons. The van der Waals surface area contributed by atoms with Gasteiger partial charge in [-0.25, -0.2) is 12.8 Å². The van der Waals surface area contributed by atoms with Crippen LogP contribution < -0.4 is 14.8 Å². The van der Waals surface area contributed by atoms with E-state index in [0.29, 0.717) is 11.4 Å². The zero-order valence-corrected chi connectivity index (χ0v) is 17.4. The van der Waals surface area contributed by atoms with Gasteiger partial charge in [0.15, 0.2) is 0 Å². The van der Waals surface area contributed by atoms with Gasteiger partial charge in [-0.2, -0.15) is 0 Å². The second-order valence-electron chi connectivity index (χ2n) is 6.29. The number of sulfonamides is 1. The minimum absolute atomic E-state index is 0.0416. The van der Waals surface area contributed by atoms with Crippen molar-refractivity contribution in [1.29, 1.82) is 0 Å². The molecule has 0 atom stereocenters. The van der Waals surface area contributed by atoms with Gasteiger partial charge in [0.1, 0.15) is 11.6 Å². The van der Waals surface area contributed by atoms with Crippen molar-refractivity contribution in [3.05, 3.63) is 83.1 Å². The van der Waals surface area contributed by atoms with Crippen molar-refractivity contribution in [2.75, 3.05) is 17.1 Å². The Balaban J connectivity index is 1.73. The lowest BCUT2D eigenvalue weighted by Gasteiger charge is -2.11. The molecule has 9 heteroatoms. The van der Waals surface area contributed by atoms with Crippen LogP contribution in [-0.2, 0) is 21.2 Å². The topological polar surface area (TPSA) is 84.5 Å². The largest absolute Gasteiger partial charge is 0.497 e. The van der Waals surface area contributed by atoms with Gasteiger partial charge in [0.05, 0.1) is 18.4 Å². The molecule has 0 aliphatic heterocycles. The van der Waals surface area contributed by atoms with E-state index in [2.05, 4.69) is 10.0 Å². The lowest BCUT2D eigenvalue weighted by atomic mass is 10.1. The minimum atomic E-state index is -3.89. The minimum Gasteiger partial charge on any atom is -0.497 e. The predicted octanol–water partition coefficient (Wildman–Crippen LogP) is 4.47. The Morgan fingerprint density at radius 2 is 1.73 bits per heavy atom. The highest BCUT2D eigenvalue weighted by atomic mass is 35.5. The Morgan fingerprint density at radius 1 is 1.03 bits per heavy atom. The maximum absolute atomic E-state index is 13.9. The normalized spacial score (nSPS) is 11.0. The van der Waals surface area contributed by atoms with E-state index in [0.717, 1.165) is 0 Å². The molecule has 30 heavy (non-hydrogen) atoms. The van der Waals surface area contributed by atoms with Crippen LogP contribution in [0, 0.1) is 5.82 Å². The zero-order valence-electron chi connectivity index (χ0n) is 15.9. The maximum Gasteiger partial charge on any atom is 0.261 e. The molecular formula is C21H18ClFN2O4S. The number of rotatable bonds is 7. The van der Waals surface area contributed by atoms with Crippen LogP contribution in [0.4, 0.5) is 15.8 Å². The number of anilines is 2. The summed E-state index contributed by atoms with van der Waals surface area (Å²) in [5.74, 6) is -0.519. The van der Waals surface area contributed by atoms with E-state index in [-0.39, 0.29) is 27.6 Å². The molecule has 0 aromatic heterocycles. The number of carbonyl (C=O) groups is 1. The molecular weight excluding hydrogens is 431 g/mol. The highest BCUT2D eigenvalue weighted by molar-refractivity contribution is 7.92. The second kappa shape index (κ2) is 9.15. The van der Waals surface area contributed by atoms with Crippen molar-refractivity contribution < 1.29 is 22.3 Å². The molecule has 3 rings (SSSR count). The molecule has 0 saturated carbocycles. The van der Waals surface area contributed by atoms with E-state index in [4.69, 9.17) is 16.3 Å². The fraction of sp³-hybridized carbons (Fsp3) is 0.0952. The van der Waals surface area contributed by atoms with Crippen LogP contribution in [0.2, 0.25) is 5.02 Å². The number of ether oxygens (including phenoxy) is 1. The zero-order chi connectivity index (χ0) is 21.7. The highest BCUT2D eigenvalue weighted by Crippen LogP contribution is 2.23. The number of benzene rings is 3. The van der Waals surface area contributed by atoms with Crippen molar-refractivity contribution in [1.82, 2.24) is 0 Å². The molecule has 0 aliphatic carbocycles. The van der Waals surface area contributed by atoms with E-state index >= 15 is 0 Å². The third kappa shape index (κ3) is 5.28. The standard InChI is InChI=1S/C21H18ClFN2O4S/c1-29-16-10-8-14(9-11-16)25-30(27,28)17-5-2-4-15(12-17)24-21(26)13-18-19(22)6-3-7-20(18)23/h2-12,25H,13H2,1H3,(H,24,26). The van der Waals surface area contributed by atoms with Crippen LogP contribution in [-0.4, -0.2) is 21.4 Å². The molecule has 0 fully saturated rings. The molecule has 3 aromatic carbocycles. The summed E-state index contributed by atoms with van der Waals surface area (Å²) in [5.41, 5.74) is 0.686. The van der Waals surface area contributed by atoms with Crippen LogP contribution >= 0.6 is 11.6 Å². The monoisotopic (exact) mass is 448 g/mol. The van der Waals surface area contributed by atoms with E-state index in [1.54, 1.807) is 24.3 Å². The molecule has 2 N–H and O–H groups in total. The first-order valence-electron chi connectivity index (χ1n) is 8.78. The van der Waals surface area contributed by atoms with Crippen LogP contribution in [0.25, 0.3) is 0 Å². The highest BCUT2D eigenvalue weighted by Gasteiger charge is 2.16. The van der Waals surface area contributed by atoms with Crippen molar-refractivity contribution in [3.8, 4) is 5.75 Å². The molecule has 3 aromatic rings. The van der Waals surface area contributed by atoms with Gasteiger partial charge < -0.3 is 10.1 Å². The summed E-state index contributed by atoms with van der Waals surface area (Å²) in [6.07, 6.45) is -0.285. The first-order valence-corrected chi connectivity index (χ1v) is 10.6. The molecule has 6 nitrogen and oxygen atoms in total. The Hall–Kier alpha value is -3.10. The summed E-state index contributed by atoms with van der Waals surface area (Å²) >= 11 is 5.94. The summed E-state index contributed by atoms with van der Waals surface area (Å²) in [7, 11) is -2.37. The molecule has 0 spiro atoms. The lowest BCUT2D eigenvalue weighted by Crippen LogP contribution is -2.17. The fourth-order valence-corrected chi connectivity index (χ4v) is 4.01. The van der Waals surface area contributed by atoms with Crippen LogP contribution in [0.5, 0.6) is 5.75 Å². The van der Waals surface area contributed by atoms with E-state index in [9.17, 15) is 17.6 Å².